The van der Waals surface area contributed by atoms with Gasteiger partial charge >= 0.3 is 5.97 Å². The van der Waals surface area contributed by atoms with E-state index in [0.29, 0.717) is 12.0 Å². The van der Waals surface area contributed by atoms with Gasteiger partial charge in [0.2, 0.25) is 0 Å². The van der Waals surface area contributed by atoms with Crippen LogP contribution < -0.4 is 5.32 Å². The molecule has 0 amide bonds. The van der Waals surface area contributed by atoms with E-state index in [9.17, 15) is 4.79 Å². The van der Waals surface area contributed by atoms with Crippen LogP contribution in [0.4, 0.5) is 0 Å². The third-order valence-electron chi connectivity index (χ3n) is 3.22. The van der Waals surface area contributed by atoms with Crippen molar-refractivity contribution in [3.05, 3.63) is 0 Å². The molecule has 1 N–H and O–H groups in total. The van der Waals surface area contributed by atoms with E-state index in [1.165, 1.54) is 0 Å². The Bertz CT molecular complexity index is 261. The van der Waals surface area contributed by atoms with Gasteiger partial charge in [-0.3, -0.25) is 10.1 Å². The van der Waals surface area contributed by atoms with Crippen LogP contribution in [0.1, 0.15) is 40.5 Å². The van der Waals surface area contributed by atoms with Gasteiger partial charge in [0.25, 0.3) is 0 Å². The number of hydrogen-bond acceptors (Lipinski definition) is 3. The average Bonchev–Trinajstić information content (AvgIpc) is 2.35. The number of ether oxygens (including phenoxy) is 1. The zero-order valence-corrected chi connectivity index (χ0v) is 9.39. The Hall–Kier alpha value is -0.570. The molecule has 3 fully saturated rings. The molecule has 3 nitrogen and oxygen atoms in total. The molecule has 0 aromatic rings. The first-order valence-corrected chi connectivity index (χ1v) is 5.34. The summed E-state index contributed by atoms with van der Waals surface area (Å²) in [7, 11) is 0. The van der Waals surface area contributed by atoms with Gasteiger partial charge in [0.1, 0.15) is 11.1 Å². The fourth-order valence-corrected chi connectivity index (χ4v) is 2.46. The Morgan fingerprint density at radius 3 is 2.36 bits per heavy atom. The number of carbonyl (C=O) groups is 1. The molecule has 1 unspecified atom stereocenters. The molecule has 1 atom stereocenters. The Morgan fingerprint density at radius 2 is 2.00 bits per heavy atom. The van der Waals surface area contributed by atoms with Crippen molar-refractivity contribution < 1.29 is 9.53 Å². The predicted molar refractivity (Wildman–Crippen MR) is 53.9 cm³/mol. The molecule has 0 aromatic carbocycles. The quantitative estimate of drug-likeness (QED) is 0.647. The first-order valence-electron chi connectivity index (χ1n) is 5.34. The SMILES string of the molecule is CC1NC2(C(=O)OC(C)(C)C)CC1C2. The Morgan fingerprint density at radius 1 is 1.43 bits per heavy atom. The highest BCUT2D eigenvalue weighted by atomic mass is 16.6. The maximum atomic E-state index is 11.9. The summed E-state index contributed by atoms with van der Waals surface area (Å²) in [6.07, 6.45) is 1.92. The van der Waals surface area contributed by atoms with Gasteiger partial charge in [-0.05, 0) is 46.5 Å². The van der Waals surface area contributed by atoms with E-state index in [4.69, 9.17) is 4.74 Å². The maximum Gasteiger partial charge on any atom is 0.326 e. The van der Waals surface area contributed by atoms with Gasteiger partial charge in [0.05, 0.1) is 0 Å². The van der Waals surface area contributed by atoms with Crippen LogP contribution in [0.5, 0.6) is 0 Å². The number of hydrogen-bond donors (Lipinski definition) is 1. The lowest BCUT2D eigenvalue weighted by Crippen LogP contribution is -2.53. The van der Waals surface area contributed by atoms with Crippen molar-refractivity contribution in [2.45, 2.75) is 57.7 Å². The van der Waals surface area contributed by atoms with E-state index in [-0.39, 0.29) is 17.1 Å². The van der Waals surface area contributed by atoms with Gasteiger partial charge in [0, 0.05) is 6.04 Å². The third-order valence-corrected chi connectivity index (χ3v) is 3.22. The van der Waals surface area contributed by atoms with Crippen molar-refractivity contribution in [1.29, 1.82) is 0 Å². The van der Waals surface area contributed by atoms with Gasteiger partial charge in [-0.2, -0.15) is 0 Å². The van der Waals surface area contributed by atoms with Crippen LogP contribution in [0.15, 0.2) is 0 Å². The highest BCUT2D eigenvalue weighted by Crippen LogP contribution is 2.48. The predicted octanol–water partition coefficient (Wildman–Crippen LogP) is 1.47. The van der Waals surface area contributed by atoms with Gasteiger partial charge in [-0.15, -0.1) is 0 Å². The van der Waals surface area contributed by atoms with E-state index < -0.39 is 0 Å². The summed E-state index contributed by atoms with van der Waals surface area (Å²) in [5.41, 5.74) is -0.707. The van der Waals surface area contributed by atoms with Crippen LogP contribution in [0, 0.1) is 5.92 Å². The minimum Gasteiger partial charge on any atom is -0.459 e. The molecule has 2 bridgehead atoms. The van der Waals surface area contributed by atoms with Crippen molar-refractivity contribution in [2.75, 3.05) is 0 Å². The van der Waals surface area contributed by atoms with E-state index in [1.54, 1.807) is 0 Å². The molecule has 2 heterocycles. The minimum absolute atomic E-state index is 0.0643. The van der Waals surface area contributed by atoms with Gasteiger partial charge in [-0.1, -0.05) is 0 Å². The van der Waals surface area contributed by atoms with E-state index in [0.717, 1.165) is 12.8 Å². The van der Waals surface area contributed by atoms with Crippen molar-refractivity contribution in [2.24, 2.45) is 5.92 Å². The second-order valence-electron chi connectivity index (χ2n) is 5.69. The molecular formula is C11H19NO2. The van der Waals surface area contributed by atoms with Crippen molar-refractivity contribution in [3.63, 3.8) is 0 Å². The van der Waals surface area contributed by atoms with Gasteiger partial charge in [0.15, 0.2) is 0 Å². The average molecular weight is 197 g/mol. The van der Waals surface area contributed by atoms with Crippen molar-refractivity contribution in [1.82, 2.24) is 5.32 Å². The van der Waals surface area contributed by atoms with Crippen LogP contribution in [0.2, 0.25) is 0 Å². The zero-order chi connectivity index (χ0) is 10.6. The molecule has 0 aromatic heterocycles. The first-order chi connectivity index (χ1) is 6.32. The summed E-state index contributed by atoms with van der Waals surface area (Å²) in [4.78, 5) is 11.9. The van der Waals surface area contributed by atoms with Crippen LogP contribution in [-0.4, -0.2) is 23.2 Å². The largest absolute Gasteiger partial charge is 0.459 e. The van der Waals surface area contributed by atoms with Crippen LogP contribution in [-0.2, 0) is 9.53 Å². The monoisotopic (exact) mass is 197 g/mol. The lowest BCUT2D eigenvalue weighted by Gasteiger charge is -2.37. The van der Waals surface area contributed by atoms with Crippen LogP contribution in [0.25, 0.3) is 0 Å². The summed E-state index contributed by atoms with van der Waals surface area (Å²) in [5, 5.41) is 3.35. The molecule has 0 radical (unpaired) electrons. The smallest absolute Gasteiger partial charge is 0.326 e. The Balaban J connectivity index is 2.01. The molecule has 1 aliphatic carbocycles. The fourth-order valence-electron chi connectivity index (χ4n) is 2.46. The standard InChI is InChI=1S/C11H19NO2/c1-7-8-5-11(6-8,12-7)9(13)14-10(2,3)4/h7-8,12H,5-6H2,1-4H3. The summed E-state index contributed by atoms with van der Waals surface area (Å²) < 4.78 is 5.41. The molecular weight excluding hydrogens is 178 g/mol. The molecule has 2 aliphatic heterocycles. The highest BCUT2D eigenvalue weighted by Gasteiger charge is 2.60. The lowest BCUT2D eigenvalue weighted by atomic mass is 9.72. The molecule has 80 valence electrons. The third kappa shape index (κ3) is 1.44. The molecule has 3 heteroatoms. The second-order valence-corrected chi connectivity index (χ2v) is 5.69. The van der Waals surface area contributed by atoms with Crippen molar-refractivity contribution >= 4 is 5.97 Å². The summed E-state index contributed by atoms with van der Waals surface area (Å²) in [6.45, 7) is 7.88. The van der Waals surface area contributed by atoms with Gasteiger partial charge in [-0.25, -0.2) is 0 Å². The van der Waals surface area contributed by atoms with E-state index in [1.807, 2.05) is 20.8 Å². The molecule has 0 spiro atoms. The topological polar surface area (TPSA) is 38.3 Å². The van der Waals surface area contributed by atoms with E-state index in [2.05, 4.69) is 12.2 Å². The number of nitrogens with one attached hydrogen (secondary N) is 1. The Labute approximate surface area is 85.2 Å². The Kier molecular flexibility index (Phi) is 1.94. The minimum atomic E-state index is -0.371. The zero-order valence-electron chi connectivity index (χ0n) is 9.39. The number of esters is 1. The van der Waals surface area contributed by atoms with Crippen LogP contribution >= 0.6 is 0 Å². The summed E-state index contributed by atoms with van der Waals surface area (Å²) >= 11 is 0. The summed E-state index contributed by atoms with van der Waals surface area (Å²) in [6, 6.07) is 0.475. The second kappa shape index (κ2) is 2.72. The molecule has 2 saturated heterocycles. The molecule has 14 heavy (non-hydrogen) atoms. The highest BCUT2D eigenvalue weighted by molar-refractivity contribution is 5.83. The van der Waals surface area contributed by atoms with Crippen molar-refractivity contribution in [3.8, 4) is 0 Å². The number of carbonyl (C=O) groups excluding carboxylic acids is 1. The normalized spacial score (nSPS) is 40.6. The first kappa shape index (κ1) is 9.97. The molecule has 3 aliphatic rings. The van der Waals surface area contributed by atoms with Gasteiger partial charge < -0.3 is 4.74 Å². The molecule has 3 rings (SSSR count). The maximum absolute atomic E-state index is 11.9. The van der Waals surface area contributed by atoms with E-state index >= 15 is 0 Å². The molecule has 1 saturated carbocycles. The number of rotatable bonds is 1. The fraction of sp³-hybridized carbons (Fsp3) is 0.909. The summed E-state index contributed by atoms with van der Waals surface area (Å²) in [5.74, 6) is 0.619. The number of fused-ring (bicyclic) bond motifs is 1. The van der Waals surface area contributed by atoms with Crippen LogP contribution in [0.3, 0.4) is 0 Å². The lowest BCUT2D eigenvalue weighted by molar-refractivity contribution is -0.165.